The smallest absolute Gasteiger partial charge is 0.224 e. The Labute approximate surface area is 129 Å². The highest BCUT2D eigenvalue weighted by Crippen LogP contribution is 2.08. The first-order chi connectivity index (χ1) is 10.7. The molecule has 0 saturated carbocycles. The highest BCUT2D eigenvalue weighted by molar-refractivity contribution is 5.78. The number of benzene rings is 1. The maximum atomic E-state index is 11.9. The first-order valence-electron chi connectivity index (χ1n) is 7.45. The largest absolute Gasteiger partial charge is 0.355 e. The van der Waals surface area contributed by atoms with Crippen molar-refractivity contribution >= 4 is 11.6 Å². The Morgan fingerprint density at radius 2 is 2.05 bits per heavy atom. The number of pyridine rings is 1. The molecule has 0 saturated heterocycles. The van der Waals surface area contributed by atoms with E-state index in [-0.39, 0.29) is 5.91 Å². The molecule has 0 aliphatic rings. The number of imidazole rings is 1. The van der Waals surface area contributed by atoms with Gasteiger partial charge in [-0.2, -0.15) is 0 Å². The first-order valence-corrected chi connectivity index (χ1v) is 7.45. The second-order valence-corrected chi connectivity index (χ2v) is 5.46. The zero-order valence-electron chi connectivity index (χ0n) is 12.6. The highest BCUT2D eigenvalue weighted by Gasteiger charge is 2.05. The summed E-state index contributed by atoms with van der Waals surface area (Å²) in [6, 6.07) is 13.9. The number of nitrogens with zero attached hydrogens (tertiary/aromatic N) is 2. The quantitative estimate of drug-likeness (QED) is 0.786. The SMILES string of the molecule is Cc1ccn2cc(CCNC(=O)Cc3ccccc3)nc2c1. The molecule has 0 fully saturated rings. The van der Waals surface area contributed by atoms with Crippen molar-refractivity contribution < 1.29 is 4.79 Å². The number of carbonyl (C=O) groups is 1. The summed E-state index contributed by atoms with van der Waals surface area (Å²) >= 11 is 0. The van der Waals surface area contributed by atoms with Crippen LogP contribution >= 0.6 is 0 Å². The van der Waals surface area contributed by atoms with E-state index in [4.69, 9.17) is 0 Å². The predicted octanol–water partition coefficient (Wildman–Crippen LogP) is 2.54. The van der Waals surface area contributed by atoms with E-state index >= 15 is 0 Å². The molecule has 0 aliphatic heterocycles. The number of aromatic nitrogens is 2. The van der Waals surface area contributed by atoms with E-state index in [1.54, 1.807) is 0 Å². The number of aryl methyl sites for hydroxylation is 1. The lowest BCUT2D eigenvalue weighted by molar-refractivity contribution is -0.120. The zero-order valence-corrected chi connectivity index (χ0v) is 12.6. The van der Waals surface area contributed by atoms with Crippen LogP contribution in [-0.4, -0.2) is 21.8 Å². The van der Waals surface area contributed by atoms with Crippen LogP contribution in [0.3, 0.4) is 0 Å². The molecule has 0 aliphatic carbocycles. The van der Waals surface area contributed by atoms with Crippen LogP contribution in [0, 0.1) is 6.92 Å². The number of hydrogen-bond acceptors (Lipinski definition) is 2. The molecular weight excluding hydrogens is 274 g/mol. The number of amides is 1. The van der Waals surface area contributed by atoms with Crippen molar-refractivity contribution in [2.45, 2.75) is 19.8 Å². The van der Waals surface area contributed by atoms with Gasteiger partial charge in [-0.15, -0.1) is 0 Å². The van der Waals surface area contributed by atoms with E-state index in [1.165, 1.54) is 5.56 Å². The Bertz CT molecular complexity index is 777. The van der Waals surface area contributed by atoms with Gasteiger partial charge in [0.1, 0.15) is 5.65 Å². The minimum Gasteiger partial charge on any atom is -0.355 e. The van der Waals surface area contributed by atoms with Crippen LogP contribution < -0.4 is 5.32 Å². The molecule has 1 aromatic carbocycles. The minimum absolute atomic E-state index is 0.0470. The zero-order chi connectivity index (χ0) is 15.4. The van der Waals surface area contributed by atoms with Gasteiger partial charge in [-0.3, -0.25) is 4.79 Å². The summed E-state index contributed by atoms with van der Waals surface area (Å²) in [5.41, 5.74) is 4.17. The maximum absolute atomic E-state index is 11.9. The molecule has 112 valence electrons. The fourth-order valence-electron chi connectivity index (χ4n) is 2.43. The molecule has 0 radical (unpaired) electrons. The lowest BCUT2D eigenvalue weighted by atomic mass is 10.1. The second-order valence-electron chi connectivity index (χ2n) is 5.46. The highest BCUT2D eigenvalue weighted by atomic mass is 16.1. The summed E-state index contributed by atoms with van der Waals surface area (Å²) in [5, 5.41) is 2.95. The van der Waals surface area contributed by atoms with E-state index in [9.17, 15) is 4.79 Å². The Hall–Kier alpha value is -2.62. The van der Waals surface area contributed by atoms with E-state index in [0.29, 0.717) is 13.0 Å². The van der Waals surface area contributed by atoms with E-state index in [0.717, 1.165) is 23.3 Å². The monoisotopic (exact) mass is 293 g/mol. The van der Waals surface area contributed by atoms with Crippen LogP contribution in [0.15, 0.2) is 54.9 Å². The first kappa shape index (κ1) is 14.3. The molecule has 0 unspecified atom stereocenters. The van der Waals surface area contributed by atoms with Crippen LogP contribution in [-0.2, 0) is 17.6 Å². The lowest BCUT2D eigenvalue weighted by Crippen LogP contribution is -2.27. The molecule has 2 aromatic heterocycles. The average Bonchev–Trinajstić information content (AvgIpc) is 2.90. The molecule has 1 N–H and O–H groups in total. The van der Waals surface area contributed by atoms with Gasteiger partial charge < -0.3 is 9.72 Å². The third kappa shape index (κ3) is 3.52. The lowest BCUT2D eigenvalue weighted by Gasteiger charge is -2.03. The summed E-state index contributed by atoms with van der Waals surface area (Å²) in [6.45, 7) is 2.66. The Morgan fingerprint density at radius 3 is 2.86 bits per heavy atom. The summed E-state index contributed by atoms with van der Waals surface area (Å²) in [6.07, 6.45) is 5.18. The fourth-order valence-corrected chi connectivity index (χ4v) is 2.43. The Kier molecular flexibility index (Phi) is 4.19. The molecule has 0 atom stereocenters. The van der Waals surface area contributed by atoms with Gasteiger partial charge in [0.05, 0.1) is 12.1 Å². The average molecular weight is 293 g/mol. The molecular formula is C18H19N3O. The van der Waals surface area contributed by atoms with Gasteiger partial charge in [0, 0.05) is 25.4 Å². The van der Waals surface area contributed by atoms with Gasteiger partial charge in [0.15, 0.2) is 0 Å². The number of hydrogen-bond donors (Lipinski definition) is 1. The van der Waals surface area contributed by atoms with Crippen molar-refractivity contribution in [1.82, 2.24) is 14.7 Å². The van der Waals surface area contributed by atoms with Crippen molar-refractivity contribution in [3.8, 4) is 0 Å². The molecule has 1 amide bonds. The van der Waals surface area contributed by atoms with E-state index in [2.05, 4.69) is 29.4 Å². The fraction of sp³-hybridized carbons (Fsp3) is 0.222. The van der Waals surface area contributed by atoms with Crippen molar-refractivity contribution in [2.24, 2.45) is 0 Å². The van der Waals surface area contributed by atoms with E-state index in [1.807, 2.05) is 47.1 Å². The topological polar surface area (TPSA) is 46.4 Å². The van der Waals surface area contributed by atoms with Gasteiger partial charge >= 0.3 is 0 Å². The maximum Gasteiger partial charge on any atom is 0.224 e. The van der Waals surface area contributed by atoms with Crippen LogP contribution in [0.1, 0.15) is 16.8 Å². The molecule has 3 aromatic rings. The normalized spacial score (nSPS) is 10.8. The molecule has 0 bridgehead atoms. The van der Waals surface area contributed by atoms with Gasteiger partial charge in [-0.05, 0) is 30.2 Å². The summed E-state index contributed by atoms with van der Waals surface area (Å²) in [7, 11) is 0. The Morgan fingerprint density at radius 1 is 1.23 bits per heavy atom. The van der Waals surface area contributed by atoms with Crippen molar-refractivity contribution in [2.75, 3.05) is 6.54 Å². The molecule has 0 spiro atoms. The number of nitrogens with one attached hydrogen (secondary N) is 1. The number of carbonyl (C=O) groups excluding carboxylic acids is 1. The van der Waals surface area contributed by atoms with Crippen LogP contribution in [0.4, 0.5) is 0 Å². The molecule has 4 heteroatoms. The second kappa shape index (κ2) is 6.43. The van der Waals surface area contributed by atoms with Crippen LogP contribution in [0.2, 0.25) is 0 Å². The van der Waals surface area contributed by atoms with Gasteiger partial charge in [0.2, 0.25) is 5.91 Å². The van der Waals surface area contributed by atoms with Gasteiger partial charge in [-0.25, -0.2) is 4.98 Å². The third-order valence-corrected chi connectivity index (χ3v) is 3.58. The summed E-state index contributed by atoms with van der Waals surface area (Å²) in [4.78, 5) is 16.4. The molecule has 3 rings (SSSR count). The molecule has 22 heavy (non-hydrogen) atoms. The van der Waals surface area contributed by atoms with Crippen molar-refractivity contribution in [1.29, 1.82) is 0 Å². The van der Waals surface area contributed by atoms with Crippen LogP contribution in [0.25, 0.3) is 5.65 Å². The third-order valence-electron chi connectivity index (χ3n) is 3.58. The number of fused-ring (bicyclic) bond motifs is 1. The summed E-state index contributed by atoms with van der Waals surface area (Å²) in [5.74, 6) is 0.0470. The molecule has 2 heterocycles. The van der Waals surface area contributed by atoms with Gasteiger partial charge in [0.25, 0.3) is 0 Å². The minimum atomic E-state index is 0.0470. The van der Waals surface area contributed by atoms with Gasteiger partial charge in [-0.1, -0.05) is 30.3 Å². The predicted molar refractivity (Wildman–Crippen MR) is 86.8 cm³/mol. The van der Waals surface area contributed by atoms with Crippen molar-refractivity contribution in [3.05, 3.63) is 71.7 Å². The van der Waals surface area contributed by atoms with Crippen LogP contribution in [0.5, 0.6) is 0 Å². The molecule has 4 nitrogen and oxygen atoms in total. The van der Waals surface area contributed by atoms with E-state index < -0.39 is 0 Å². The Balaban J connectivity index is 1.52. The number of rotatable bonds is 5. The summed E-state index contributed by atoms with van der Waals surface area (Å²) < 4.78 is 2.01. The van der Waals surface area contributed by atoms with Crippen molar-refractivity contribution in [3.63, 3.8) is 0 Å². The standard InChI is InChI=1S/C18H19N3O/c1-14-8-10-21-13-16(20-17(21)11-14)7-9-19-18(22)12-15-5-3-2-4-6-15/h2-6,8,10-11,13H,7,9,12H2,1H3,(H,19,22).